The highest BCUT2D eigenvalue weighted by Crippen LogP contribution is 2.45. The van der Waals surface area contributed by atoms with Crippen LogP contribution in [0.1, 0.15) is 55.1 Å². The van der Waals surface area contributed by atoms with Gasteiger partial charge in [-0.05, 0) is 54.2 Å². The number of carboxylic acids is 1. The van der Waals surface area contributed by atoms with E-state index in [0.717, 1.165) is 18.4 Å². The van der Waals surface area contributed by atoms with Gasteiger partial charge in [0.15, 0.2) is 9.84 Å². The van der Waals surface area contributed by atoms with E-state index in [1.807, 2.05) is 13.8 Å². The molecule has 1 amide bonds. The molecule has 0 spiro atoms. The monoisotopic (exact) mass is 459 g/mol. The van der Waals surface area contributed by atoms with Crippen LogP contribution in [-0.4, -0.2) is 37.3 Å². The molecule has 0 aromatic heterocycles. The van der Waals surface area contributed by atoms with E-state index in [1.54, 1.807) is 43.3 Å². The molecule has 0 radical (unpaired) electrons. The molecule has 1 atom stereocenters. The Kier molecular flexibility index (Phi) is 7.05. The van der Waals surface area contributed by atoms with Gasteiger partial charge in [-0.1, -0.05) is 45.0 Å². The number of nitrogens with one attached hydrogen (secondary N) is 1. The van der Waals surface area contributed by atoms with Gasteiger partial charge in [0.1, 0.15) is 6.10 Å². The molecule has 0 saturated heterocycles. The highest BCUT2D eigenvalue weighted by molar-refractivity contribution is 7.91. The Balaban J connectivity index is 1.69. The van der Waals surface area contributed by atoms with Gasteiger partial charge < -0.3 is 15.2 Å². The Hall–Kier alpha value is -2.71. The Bertz CT molecular complexity index is 1090. The van der Waals surface area contributed by atoms with Crippen LogP contribution in [-0.2, 0) is 31.5 Å². The highest BCUT2D eigenvalue weighted by atomic mass is 32.2. The molecule has 2 N–H and O–H groups in total. The van der Waals surface area contributed by atoms with Crippen molar-refractivity contribution in [1.29, 1.82) is 0 Å². The van der Waals surface area contributed by atoms with Crippen molar-refractivity contribution in [1.82, 2.24) is 5.32 Å². The Morgan fingerprint density at radius 1 is 1.12 bits per heavy atom. The maximum Gasteiger partial charge on any atom is 0.335 e. The first-order valence-electron chi connectivity index (χ1n) is 10.7. The number of hydrogen-bond donors (Lipinski definition) is 2. The quantitative estimate of drug-likeness (QED) is 0.563. The second-order valence-electron chi connectivity index (χ2n) is 8.48. The first-order chi connectivity index (χ1) is 15.1. The van der Waals surface area contributed by atoms with Crippen LogP contribution in [0.2, 0.25) is 0 Å². The summed E-state index contributed by atoms with van der Waals surface area (Å²) in [6, 6.07) is 13.1. The third-order valence-electron chi connectivity index (χ3n) is 5.73. The van der Waals surface area contributed by atoms with E-state index >= 15 is 0 Å². The van der Waals surface area contributed by atoms with E-state index < -0.39 is 27.4 Å². The molecule has 1 aliphatic rings. The largest absolute Gasteiger partial charge is 0.478 e. The standard InChI is InChI=1S/C24H29NO6S/c1-4-32(29,30)20-7-5-6-17(14-20)15-31-21(16(2)3)22(26)25-24(12-13-24)19-10-8-18(9-11-19)23(27)28/h5-11,14,16,21H,4,12-13,15H2,1-3H3,(H,25,26)(H,27,28)/t21-/m1/s1. The minimum Gasteiger partial charge on any atom is -0.478 e. The lowest BCUT2D eigenvalue weighted by molar-refractivity contribution is -0.137. The predicted octanol–water partition coefficient (Wildman–Crippen LogP) is 3.53. The summed E-state index contributed by atoms with van der Waals surface area (Å²) >= 11 is 0. The van der Waals surface area contributed by atoms with E-state index in [-0.39, 0.29) is 34.6 Å². The zero-order valence-corrected chi connectivity index (χ0v) is 19.3. The average molecular weight is 460 g/mol. The van der Waals surface area contributed by atoms with Crippen LogP contribution < -0.4 is 5.32 Å². The lowest BCUT2D eigenvalue weighted by Gasteiger charge is -2.25. The number of carbonyl (C=O) groups excluding carboxylic acids is 1. The highest BCUT2D eigenvalue weighted by Gasteiger charge is 2.46. The summed E-state index contributed by atoms with van der Waals surface area (Å²) in [4.78, 5) is 24.4. The van der Waals surface area contributed by atoms with E-state index in [9.17, 15) is 18.0 Å². The topological polar surface area (TPSA) is 110 Å². The molecule has 0 heterocycles. The number of carboxylic acid groups (broad SMARTS) is 1. The van der Waals surface area contributed by atoms with Gasteiger partial charge in [-0.2, -0.15) is 0 Å². The molecule has 2 aromatic carbocycles. The predicted molar refractivity (Wildman–Crippen MR) is 120 cm³/mol. The molecule has 2 aromatic rings. The Morgan fingerprint density at radius 3 is 2.31 bits per heavy atom. The van der Waals surface area contributed by atoms with Gasteiger partial charge in [0, 0.05) is 0 Å². The molecular formula is C24H29NO6S. The van der Waals surface area contributed by atoms with Gasteiger partial charge in [0.25, 0.3) is 0 Å². The second-order valence-corrected chi connectivity index (χ2v) is 10.8. The Labute approximate surface area is 188 Å². The molecule has 1 saturated carbocycles. The lowest BCUT2D eigenvalue weighted by Crippen LogP contribution is -2.44. The van der Waals surface area contributed by atoms with Crippen LogP contribution in [0.15, 0.2) is 53.4 Å². The van der Waals surface area contributed by atoms with Crippen LogP contribution in [0.5, 0.6) is 0 Å². The van der Waals surface area contributed by atoms with Crippen LogP contribution >= 0.6 is 0 Å². The molecule has 1 fully saturated rings. The molecule has 7 nitrogen and oxygen atoms in total. The fraction of sp³-hybridized carbons (Fsp3) is 0.417. The summed E-state index contributed by atoms with van der Waals surface area (Å²) < 4.78 is 30.2. The summed E-state index contributed by atoms with van der Waals surface area (Å²) in [6.45, 7) is 5.50. The molecule has 8 heteroatoms. The van der Waals surface area contributed by atoms with Crippen molar-refractivity contribution in [2.45, 2.75) is 56.8 Å². The average Bonchev–Trinajstić information content (AvgIpc) is 3.54. The smallest absolute Gasteiger partial charge is 0.335 e. The number of rotatable bonds is 10. The number of amides is 1. The normalized spacial score (nSPS) is 15.9. The van der Waals surface area contributed by atoms with Gasteiger partial charge in [-0.15, -0.1) is 0 Å². The van der Waals surface area contributed by atoms with E-state index in [0.29, 0.717) is 5.56 Å². The summed E-state index contributed by atoms with van der Waals surface area (Å²) in [7, 11) is -3.32. The van der Waals surface area contributed by atoms with Crippen LogP contribution in [0.25, 0.3) is 0 Å². The summed E-state index contributed by atoms with van der Waals surface area (Å²) in [6.07, 6.45) is 0.831. The summed E-state index contributed by atoms with van der Waals surface area (Å²) in [5.41, 5.74) is 1.26. The van der Waals surface area contributed by atoms with Crippen LogP contribution in [0.4, 0.5) is 0 Å². The molecule has 32 heavy (non-hydrogen) atoms. The fourth-order valence-corrected chi connectivity index (χ4v) is 4.55. The lowest BCUT2D eigenvalue weighted by atomic mass is 10.0. The molecule has 0 bridgehead atoms. The van der Waals surface area contributed by atoms with Crippen molar-refractivity contribution < 1.29 is 27.9 Å². The van der Waals surface area contributed by atoms with Crippen molar-refractivity contribution in [3.8, 4) is 0 Å². The van der Waals surface area contributed by atoms with Gasteiger partial charge in [-0.25, -0.2) is 13.2 Å². The van der Waals surface area contributed by atoms with Crippen molar-refractivity contribution in [2.75, 3.05) is 5.75 Å². The number of benzene rings is 2. The van der Waals surface area contributed by atoms with Gasteiger partial charge >= 0.3 is 5.97 Å². The minimum absolute atomic E-state index is 0.0177. The van der Waals surface area contributed by atoms with Crippen molar-refractivity contribution in [3.63, 3.8) is 0 Å². The van der Waals surface area contributed by atoms with E-state index in [2.05, 4.69) is 5.32 Å². The Morgan fingerprint density at radius 2 is 1.78 bits per heavy atom. The number of hydrogen-bond acceptors (Lipinski definition) is 5. The van der Waals surface area contributed by atoms with Crippen molar-refractivity contribution in [2.24, 2.45) is 5.92 Å². The molecule has 172 valence electrons. The maximum absolute atomic E-state index is 13.1. The van der Waals surface area contributed by atoms with Crippen molar-refractivity contribution >= 4 is 21.7 Å². The first kappa shape index (κ1) is 23.9. The van der Waals surface area contributed by atoms with E-state index in [4.69, 9.17) is 9.84 Å². The van der Waals surface area contributed by atoms with Crippen LogP contribution in [0.3, 0.4) is 0 Å². The number of ether oxygens (including phenoxy) is 1. The number of aromatic carboxylic acids is 1. The SMILES string of the molecule is CCS(=O)(=O)c1cccc(CO[C@@H](C(=O)NC2(c3ccc(C(=O)O)cc3)CC2)C(C)C)c1. The first-order valence-corrected chi connectivity index (χ1v) is 12.3. The zero-order valence-electron chi connectivity index (χ0n) is 18.5. The summed E-state index contributed by atoms with van der Waals surface area (Å²) in [5.74, 6) is -1.31. The molecule has 0 aliphatic heterocycles. The van der Waals surface area contributed by atoms with Crippen molar-refractivity contribution in [3.05, 3.63) is 65.2 Å². The minimum atomic E-state index is -3.32. The second kappa shape index (κ2) is 9.42. The van der Waals surface area contributed by atoms with Gasteiger partial charge in [0.2, 0.25) is 5.91 Å². The van der Waals surface area contributed by atoms with Gasteiger partial charge in [-0.3, -0.25) is 4.79 Å². The number of carbonyl (C=O) groups is 2. The molecular weight excluding hydrogens is 430 g/mol. The molecule has 3 rings (SSSR count). The molecule has 0 unspecified atom stereocenters. The third kappa shape index (κ3) is 5.37. The fourth-order valence-electron chi connectivity index (χ4n) is 3.60. The van der Waals surface area contributed by atoms with Crippen LogP contribution in [0, 0.1) is 5.92 Å². The number of sulfone groups is 1. The van der Waals surface area contributed by atoms with Gasteiger partial charge in [0.05, 0.1) is 28.4 Å². The summed E-state index contributed by atoms with van der Waals surface area (Å²) in [5, 5.41) is 12.2. The third-order valence-corrected chi connectivity index (χ3v) is 7.46. The van der Waals surface area contributed by atoms with E-state index in [1.165, 1.54) is 12.1 Å². The zero-order chi connectivity index (χ0) is 23.5. The maximum atomic E-state index is 13.1. The molecule has 1 aliphatic carbocycles.